The molecule has 2 nitrogen and oxygen atoms in total. The van der Waals surface area contributed by atoms with E-state index in [0.717, 1.165) is 24.4 Å². The first-order valence-electron chi connectivity index (χ1n) is 7.44. The topological polar surface area (TPSA) is 21.3 Å². The minimum Gasteiger partial charge on any atom is -0.377 e. The van der Waals surface area contributed by atoms with Crippen LogP contribution in [0.1, 0.15) is 46.5 Å². The Kier molecular flexibility index (Phi) is 2.99. The average molecular weight is 237 g/mol. The van der Waals surface area contributed by atoms with Gasteiger partial charge in [-0.3, -0.25) is 0 Å². The minimum atomic E-state index is 0.353. The molecule has 3 rings (SSSR count). The normalized spacial score (nSPS) is 47.8. The Hall–Kier alpha value is -0.0800. The van der Waals surface area contributed by atoms with Crippen molar-refractivity contribution in [1.82, 2.24) is 5.32 Å². The molecule has 3 fully saturated rings. The third-order valence-electron chi connectivity index (χ3n) is 5.53. The SMILES string of the molecule is CC1CCC(CNC2C3CCOC3C2(C)C)C1. The van der Waals surface area contributed by atoms with Crippen molar-refractivity contribution in [3.05, 3.63) is 0 Å². The van der Waals surface area contributed by atoms with E-state index in [9.17, 15) is 0 Å². The van der Waals surface area contributed by atoms with Crippen molar-refractivity contribution >= 4 is 0 Å². The van der Waals surface area contributed by atoms with Crippen LogP contribution in [0.3, 0.4) is 0 Å². The molecule has 0 aromatic heterocycles. The lowest BCUT2D eigenvalue weighted by molar-refractivity contribution is -0.113. The first-order valence-corrected chi connectivity index (χ1v) is 7.44. The zero-order valence-corrected chi connectivity index (χ0v) is 11.5. The third kappa shape index (κ3) is 1.94. The molecule has 1 N–H and O–H groups in total. The van der Waals surface area contributed by atoms with Gasteiger partial charge in [0.25, 0.3) is 0 Å². The number of hydrogen-bond acceptors (Lipinski definition) is 2. The van der Waals surface area contributed by atoms with Crippen LogP contribution < -0.4 is 5.32 Å². The molecule has 2 saturated carbocycles. The number of ether oxygens (including phenoxy) is 1. The van der Waals surface area contributed by atoms with Gasteiger partial charge in [0.15, 0.2) is 0 Å². The van der Waals surface area contributed by atoms with E-state index in [2.05, 4.69) is 26.1 Å². The van der Waals surface area contributed by atoms with Crippen LogP contribution >= 0.6 is 0 Å². The van der Waals surface area contributed by atoms with Crippen LogP contribution in [-0.2, 0) is 4.74 Å². The van der Waals surface area contributed by atoms with Crippen LogP contribution in [0.25, 0.3) is 0 Å². The Bertz CT molecular complexity index is 289. The fourth-order valence-corrected chi connectivity index (χ4v) is 4.54. The second-order valence-electron chi connectivity index (χ2n) is 7.24. The Morgan fingerprint density at radius 2 is 2.06 bits per heavy atom. The molecular weight excluding hydrogens is 210 g/mol. The molecule has 1 heterocycles. The molecule has 0 aromatic carbocycles. The van der Waals surface area contributed by atoms with Gasteiger partial charge in [0.2, 0.25) is 0 Å². The number of fused-ring (bicyclic) bond motifs is 1. The maximum atomic E-state index is 5.85. The summed E-state index contributed by atoms with van der Waals surface area (Å²) in [6.45, 7) is 9.36. The maximum absolute atomic E-state index is 5.85. The van der Waals surface area contributed by atoms with Crippen molar-refractivity contribution in [2.24, 2.45) is 23.2 Å². The van der Waals surface area contributed by atoms with E-state index in [1.165, 1.54) is 32.2 Å². The quantitative estimate of drug-likeness (QED) is 0.815. The van der Waals surface area contributed by atoms with Crippen LogP contribution in [0.2, 0.25) is 0 Å². The van der Waals surface area contributed by atoms with E-state index < -0.39 is 0 Å². The zero-order chi connectivity index (χ0) is 12.0. The molecule has 1 saturated heterocycles. The van der Waals surface area contributed by atoms with Crippen LogP contribution in [0.4, 0.5) is 0 Å². The van der Waals surface area contributed by atoms with Crippen molar-refractivity contribution in [2.75, 3.05) is 13.2 Å². The summed E-state index contributed by atoms with van der Waals surface area (Å²) >= 11 is 0. The molecule has 0 amide bonds. The number of nitrogens with one attached hydrogen (secondary N) is 1. The van der Waals surface area contributed by atoms with Gasteiger partial charge in [0.1, 0.15) is 0 Å². The summed E-state index contributed by atoms with van der Waals surface area (Å²) < 4.78 is 5.85. The molecule has 3 aliphatic rings. The molecule has 5 unspecified atom stereocenters. The van der Waals surface area contributed by atoms with E-state index in [1.54, 1.807) is 0 Å². The molecule has 17 heavy (non-hydrogen) atoms. The average Bonchev–Trinajstić information content (AvgIpc) is 2.86. The monoisotopic (exact) mass is 237 g/mol. The van der Waals surface area contributed by atoms with Gasteiger partial charge < -0.3 is 10.1 Å². The Morgan fingerprint density at radius 3 is 2.76 bits per heavy atom. The first kappa shape index (κ1) is 12.0. The molecule has 0 spiro atoms. The molecule has 98 valence electrons. The van der Waals surface area contributed by atoms with Gasteiger partial charge in [-0.05, 0) is 37.6 Å². The van der Waals surface area contributed by atoms with E-state index in [0.29, 0.717) is 17.6 Å². The second-order valence-corrected chi connectivity index (χ2v) is 7.24. The van der Waals surface area contributed by atoms with Crippen molar-refractivity contribution in [3.63, 3.8) is 0 Å². The lowest BCUT2D eigenvalue weighted by atomic mass is 9.57. The van der Waals surface area contributed by atoms with Gasteiger partial charge in [0, 0.05) is 24.0 Å². The fourth-order valence-electron chi connectivity index (χ4n) is 4.54. The standard InChI is InChI=1S/C15H27NO/c1-10-4-5-11(8-10)9-16-13-12-6-7-17-14(12)15(13,2)3/h10-14,16H,4-9H2,1-3H3. The predicted octanol–water partition coefficient (Wildman–Crippen LogP) is 2.83. The van der Waals surface area contributed by atoms with Gasteiger partial charge in [-0.1, -0.05) is 27.2 Å². The Morgan fingerprint density at radius 1 is 1.24 bits per heavy atom. The van der Waals surface area contributed by atoms with Gasteiger partial charge in [-0.15, -0.1) is 0 Å². The fraction of sp³-hybridized carbons (Fsp3) is 1.00. The van der Waals surface area contributed by atoms with Gasteiger partial charge in [0.05, 0.1) is 6.10 Å². The van der Waals surface area contributed by atoms with E-state index in [-0.39, 0.29) is 0 Å². The summed E-state index contributed by atoms with van der Waals surface area (Å²) in [5, 5.41) is 3.86. The Labute approximate surface area is 105 Å². The largest absolute Gasteiger partial charge is 0.377 e. The third-order valence-corrected chi connectivity index (χ3v) is 5.53. The number of rotatable bonds is 3. The highest BCUT2D eigenvalue weighted by atomic mass is 16.5. The molecule has 0 bridgehead atoms. The summed E-state index contributed by atoms with van der Waals surface area (Å²) in [6, 6.07) is 0.700. The highest BCUT2D eigenvalue weighted by Gasteiger charge is 2.58. The molecule has 0 aromatic rings. The van der Waals surface area contributed by atoms with Crippen LogP contribution in [-0.4, -0.2) is 25.3 Å². The summed E-state index contributed by atoms with van der Waals surface area (Å²) in [6.07, 6.45) is 6.11. The summed E-state index contributed by atoms with van der Waals surface area (Å²) in [7, 11) is 0. The van der Waals surface area contributed by atoms with Crippen LogP contribution in [0.15, 0.2) is 0 Å². The summed E-state index contributed by atoms with van der Waals surface area (Å²) in [5.41, 5.74) is 0.353. The lowest BCUT2D eigenvalue weighted by Crippen LogP contribution is -2.66. The molecule has 2 aliphatic carbocycles. The molecular formula is C15H27NO. The van der Waals surface area contributed by atoms with Gasteiger partial charge in [-0.25, -0.2) is 0 Å². The first-order chi connectivity index (χ1) is 8.09. The molecule has 2 heteroatoms. The molecule has 1 aliphatic heterocycles. The van der Waals surface area contributed by atoms with Crippen LogP contribution in [0.5, 0.6) is 0 Å². The predicted molar refractivity (Wildman–Crippen MR) is 69.9 cm³/mol. The second kappa shape index (κ2) is 4.24. The van der Waals surface area contributed by atoms with Gasteiger partial charge in [-0.2, -0.15) is 0 Å². The van der Waals surface area contributed by atoms with Crippen molar-refractivity contribution < 1.29 is 4.74 Å². The van der Waals surface area contributed by atoms with E-state index in [1.807, 2.05) is 0 Å². The highest BCUT2D eigenvalue weighted by molar-refractivity contribution is 5.11. The number of hydrogen-bond donors (Lipinski definition) is 1. The van der Waals surface area contributed by atoms with Crippen molar-refractivity contribution in [2.45, 2.75) is 58.6 Å². The van der Waals surface area contributed by atoms with E-state index >= 15 is 0 Å². The summed E-state index contributed by atoms with van der Waals surface area (Å²) in [5.74, 6) is 2.68. The van der Waals surface area contributed by atoms with Crippen molar-refractivity contribution in [1.29, 1.82) is 0 Å². The zero-order valence-electron chi connectivity index (χ0n) is 11.5. The smallest absolute Gasteiger partial charge is 0.0685 e. The minimum absolute atomic E-state index is 0.353. The van der Waals surface area contributed by atoms with Crippen molar-refractivity contribution in [3.8, 4) is 0 Å². The maximum Gasteiger partial charge on any atom is 0.0685 e. The lowest BCUT2D eigenvalue weighted by Gasteiger charge is -2.55. The highest BCUT2D eigenvalue weighted by Crippen LogP contribution is 2.52. The Balaban J connectivity index is 1.52. The molecule has 5 atom stereocenters. The summed E-state index contributed by atoms with van der Waals surface area (Å²) in [4.78, 5) is 0. The molecule has 0 radical (unpaired) electrons. The van der Waals surface area contributed by atoms with Gasteiger partial charge >= 0.3 is 0 Å². The van der Waals surface area contributed by atoms with Crippen LogP contribution in [0, 0.1) is 23.2 Å². The van der Waals surface area contributed by atoms with E-state index in [4.69, 9.17) is 4.74 Å².